The van der Waals surface area contributed by atoms with Crippen molar-refractivity contribution in [2.24, 2.45) is 0 Å². The summed E-state index contributed by atoms with van der Waals surface area (Å²) in [7, 11) is -3.55. The molecule has 0 spiro atoms. The lowest BCUT2D eigenvalue weighted by atomic mass is 10.1. The number of fused-ring (bicyclic) bond motifs is 1. The van der Waals surface area contributed by atoms with Crippen molar-refractivity contribution in [3.63, 3.8) is 0 Å². The Labute approximate surface area is 224 Å². The van der Waals surface area contributed by atoms with Crippen LogP contribution in [0.25, 0.3) is 22.3 Å². The number of aryl methyl sites for hydroxylation is 1. The van der Waals surface area contributed by atoms with E-state index < -0.39 is 28.0 Å². The number of halogens is 1. The zero-order valence-electron chi connectivity index (χ0n) is 20.6. The molecule has 10 heteroatoms. The summed E-state index contributed by atoms with van der Waals surface area (Å²) in [4.78, 5) is 26.2. The minimum atomic E-state index is -3.55. The van der Waals surface area contributed by atoms with E-state index in [9.17, 15) is 18.0 Å². The van der Waals surface area contributed by atoms with Gasteiger partial charge in [-0.05, 0) is 62.2 Å². The number of sulfonamides is 1. The molecule has 0 bridgehead atoms. The fourth-order valence-electron chi connectivity index (χ4n) is 4.30. The van der Waals surface area contributed by atoms with Gasteiger partial charge in [0.1, 0.15) is 5.58 Å². The molecule has 0 radical (unpaired) electrons. The van der Waals surface area contributed by atoms with Crippen molar-refractivity contribution in [2.45, 2.75) is 24.7 Å². The van der Waals surface area contributed by atoms with E-state index in [1.807, 2.05) is 19.1 Å². The Hall–Kier alpha value is -3.66. The lowest BCUT2D eigenvalue weighted by Crippen LogP contribution is -2.27. The van der Waals surface area contributed by atoms with Gasteiger partial charge in [0.25, 0.3) is 5.91 Å². The first-order chi connectivity index (χ1) is 18.2. The van der Waals surface area contributed by atoms with Crippen LogP contribution in [0.4, 0.5) is 5.69 Å². The van der Waals surface area contributed by atoms with E-state index in [0.29, 0.717) is 34.9 Å². The van der Waals surface area contributed by atoms with E-state index >= 15 is 0 Å². The number of nitrogens with zero attached hydrogens (tertiary/aromatic N) is 1. The highest BCUT2D eigenvalue weighted by atomic mass is 35.5. The predicted molar refractivity (Wildman–Crippen MR) is 146 cm³/mol. The fraction of sp³-hybridized carbons (Fsp3) is 0.214. The molecule has 38 heavy (non-hydrogen) atoms. The molecule has 1 aliphatic rings. The van der Waals surface area contributed by atoms with Crippen LogP contribution in [0.1, 0.15) is 18.4 Å². The van der Waals surface area contributed by atoms with Gasteiger partial charge in [0.15, 0.2) is 12.4 Å². The molecule has 2 heterocycles. The molecule has 8 nitrogen and oxygen atoms in total. The average Bonchev–Trinajstić information content (AvgIpc) is 3.45. The average molecular weight is 553 g/mol. The van der Waals surface area contributed by atoms with E-state index in [2.05, 4.69) is 5.32 Å². The summed E-state index contributed by atoms with van der Waals surface area (Å²) in [6, 6.07) is 18.1. The molecule has 1 amide bonds. The molecule has 1 saturated heterocycles. The van der Waals surface area contributed by atoms with Gasteiger partial charge in [-0.25, -0.2) is 8.42 Å². The minimum absolute atomic E-state index is 0.106. The van der Waals surface area contributed by atoms with Crippen molar-refractivity contribution in [1.29, 1.82) is 0 Å². The molecule has 1 N–H and O–H groups in total. The third kappa shape index (κ3) is 5.31. The van der Waals surface area contributed by atoms with Crippen LogP contribution in [0.5, 0.6) is 5.75 Å². The predicted octanol–water partition coefficient (Wildman–Crippen LogP) is 5.22. The van der Waals surface area contributed by atoms with Crippen LogP contribution in [0.2, 0.25) is 5.02 Å². The number of anilines is 1. The molecule has 1 fully saturated rings. The number of rotatable bonds is 7. The Morgan fingerprint density at radius 1 is 1.03 bits per heavy atom. The Morgan fingerprint density at radius 2 is 1.71 bits per heavy atom. The Balaban J connectivity index is 1.36. The SMILES string of the molecule is Cc1ccc(-c2oc3ccc(Cl)cc3c(=O)c2OCC(=O)Nc2ccc(S(=O)(=O)N3CCCC3)cc2)cc1. The summed E-state index contributed by atoms with van der Waals surface area (Å²) in [6.07, 6.45) is 1.70. The minimum Gasteiger partial charge on any atom is -0.476 e. The van der Waals surface area contributed by atoms with Gasteiger partial charge in [-0.3, -0.25) is 9.59 Å². The van der Waals surface area contributed by atoms with E-state index in [0.717, 1.165) is 18.4 Å². The van der Waals surface area contributed by atoms with Crippen molar-refractivity contribution in [3.8, 4) is 17.1 Å². The van der Waals surface area contributed by atoms with Crippen molar-refractivity contribution in [2.75, 3.05) is 25.0 Å². The second-order valence-electron chi connectivity index (χ2n) is 9.07. The summed E-state index contributed by atoms with van der Waals surface area (Å²) in [6.45, 7) is 2.50. The lowest BCUT2D eigenvalue weighted by molar-refractivity contribution is -0.118. The first kappa shape index (κ1) is 26.0. The summed E-state index contributed by atoms with van der Waals surface area (Å²) >= 11 is 6.09. The van der Waals surface area contributed by atoms with Gasteiger partial charge in [0, 0.05) is 29.4 Å². The maximum Gasteiger partial charge on any atom is 0.262 e. The maximum absolute atomic E-state index is 13.3. The van der Waals surface area contributed by atoms with Crippen molar-refractivity contribution in [1.82, 2.24) is 4.31 Å². The Morgan fingerprint density at radius 3 is 2.39 bits per heavy atom. The van der Waals surface area contributed by atoms with Crippen LogP contribution in [0.3, 0.4) is 0 Å². The largest absolute Gasteiger partial charge is 0.476 e. The van der Waals surface area contributed by atoms with Gasteiger partial charge in [0.2, 0.25) is 21.2 Å². The number of nitrogens with one attached hydrogen (secondary N) is 1. The molecular weight excluding hydrogens is 528 g/mol. The summed E-state index contributed by atoms with van der Waals surface area (Å²) in [5.74, 6) is -0.430. The van der Waals surface area contributed by atoms with Crippen LogP contribution in [-0.4, -0.2) is 38.3 Å². The molecule has 1 aromatic heterocycles. The quantitative estimate of drug-likeness (QED) is 0.337. The van der Waals surface area contributed by atoms with Gasteiger partial charge in [-0.1, -0.05) is 41.4 Å². The van der Waals surface area contributed by atoms with E-state index in [4.69, 9.17) is 20.8 Å². The van der Waals surface area contributed by atoms with Crippen molar-refractivity contribution in [3.05, 3.63) is 87.5 Å². The van der Waals surface area contributed by atoms with Gasteiger partial charge in [-0.2, -0.15) is 4.31 Å². The topological polar surface area (TPSA) is 106 Å². The number of hydrogen-bond donors (Lipinski definition) is 1. The molecule has 4 aromatic rings. The van der Waals surface area contributed by atoms with E-state index in [1.165, 1.54) is 34.6 Å². The van der Waals surface area contributed by atoms with Crippen LogP contribution in [0.15, 0.2) is 80.8 Å². The highest BCUT2D eigenvalue weighted by Gasteiger charge is 2.27. The van der Waals surface area contributed by atoms with Crippen LogP contribution >= 0.6 is 11.6 Å². The third-order valence-corrected chi connectivity index (χ3v) is 8.46. The number of carbonyl (C=O) groups excluding carboxylic acids is 1. The zero-order chi connectivity index (χ0) is 26.9. The normalized spacial score (nSPS) is 14.1. The van der Waals surface area contributed by atoms with Crippen LogP contribution in [-0.2, 0) is 14.8 Å². The molecule has 0 saturated carbocycles. The second-order valence-corrected chi connectivity index (χ2v) is 11.4. The molecule has 0 aliphatic carbocycles. The Kier molecular flexibility index (Phi) is 7.25. The molecule has 0 atom stereocenters. The number of amides is 1. The van der Waals surface area contributed by atoms with Crippen LogP contribution in [0, 0.1) is 6.92 Å². The van der Waals surface area contributed by atoms with E-state index in [-0.39, 0.29) is 21.8 Å². The smallest absolute Gasteiger partial charge is 0.262 e. The summed E-state index contributed by atoms with van der Waals surface area (Å²) in [5.41, 5.74) is 1.94. The van der Waals surface area contributed by atoms with Gasteiger partial charge in [0.05, 0.1) is 10.3 Å². The molecule has 3 aromatic carbocycles. The second kappa shape index (κ2) is 10.6. The Bertz CT molecular complexity index is 1660. The van der Waals surface area contributed by atoms with E-state index in [1.54, 1.807) is 24.3 Å². The molecule has 5 rings (SSSR count). The monoisotopic (exact) mass is 552 g/mol. The van der Waals surface area contributed by atoms with Gasteiger partial charge < -0.3 is 14.5 Å². The number of ether oxygens (including phenoxy) is 1. The molecular formula is C28H25ClN2O6S. The number of hydrogen-bond acceptors (Lipinski definition) is 6. The van der Waals surface area contributed by atoms with Gasteiger partial charge in [-0.15, -0.1) is 0 Å². The lowest BCUT2D eigenvalue weighted by Gasteiger charge is -2.16. The summed E-state index contributed by atoms with van der Waals surface area (Å²) < 4.78 is 38.6. The highest BCUT2D eigenvalue weighted by Crippen LogP contribution is 2.32. The van der Waals surface area contributed by atoms with Crippen molar-refractivity contribution < 1.29 is 22.4 Å². The highest BCUT2D eigenvalue weighted by molar-refractivity contribution is 7.89. The van der Waals surface area contributed by atoms with Gasteiger partial charge >= 0.3 is 0 Å². The standard InChI is InChI=1S/C28H25ClN2O6S/c1-18-4-6-19(7-5-18)27-28(26(33)23-16-20(29)8-13-24(23)37-27)36-17-25(32)30-21-9-11-22(12-10-21)38(34,35)31-14-2-3-15-31/h4-13,16H,2-3,14-15,17H2,1H3,(H,30,32). The fourth-order valence-corrected chi connectivity index (χ4v) is 5.99. The summed E-state index contributed by atoms with van der Waals surface area (Å²) in [5, 5.41) is 3.27. The number of carbonyl (C=O) groups is 1. The molecule has 1 aliphatic heterocycles. The first-order valence-electron chi connectivity index (χ1n) is 12.1. The maximum atomic E-state index is 13.3. The molecule has 0 unspecified atom stereocenters. The molecule has 196 valence electrons. The van der Waals surface area contributed by atoms with Crippen LogP contribution < -0.4 is 15.5 Å². The zero-order valence-corrected chi connectivity index (χ0v) is 22.1. The van der Waals surface area contributed by atoms with Crippen molar-refractivity contribution >= 4 is 44.2 Å². The first-order valence-corrected chi connectivity index (χ1v) is 13.9. The third-order valence-electron chi connectivity index (χ3n) is 6.31. The number of benzene rings is 3.